The van der Waals surface area contributed by atoms with Gasteiger partial charge in [0.25, 0.3) is 37.7 Å². The van der Waals surface area contributed by atoms with Gasteiger partial charge in [-0.3, -0.25) is 33.7 Å². The molecule has 0 atom stereocenters. The highest BCUT2D eigenvalue weighted by Crippen LogP contribution is 2.43. The topological polar surface area (TPSA) is 296 Å². The monoisotopic (exact) mass is 979 g/mol. The predicted octanol–water partition coefficient (Wildman–Crippen LogP) is 6.64. The van der Waals surface area contributed by atoms with Crippen molar-refractivity contribution in [2.75, 3.05) is 40.9 Å². The van der Waals surface area contributed by atoms with Gasteiger partial charge in [0.05, 0.1) is 28.3 Å². The van der Waals surface area contributed by atoms with E-state index >= 15 is 0 Å². The van der Waals surface area contributed by atoms with E-state index in [0.29, 0.717) is 40.6 Å². The number of hydrogen-bond donors (Lipinski definition) is 5. The van der Waals surface area contributed by atoms with Crippen LogP contribution in [-0.4, -0.2) is 102 Å². The van der Waals surface area contributed by atoms with Crippen LogP contribution in [0.15, 0.2) is 76.5 Å². The molecule has 356 valence electrons. The average molecular weight is 980 g/mol. The van der Waals surface area contributed by atoms with E-state index in [9.17, 15) is 55.2 Å². The largest absolute Gasteiger partial charge is 0.461 e. The van der Waals surface area contributed by atoms with Crippen LogP contribution in [0.4, 0.5) is 27.5 Å². The smallest absolute Gasteiger partial charge is 0.414 e. The van der Waals surface area contributed by atoms with Gasteiger partial charge in [0, 0.05) is 71.2 Å². The number of amides is 3. The maximum Gasteiger partial charge on any atom is 0.414 e. The summed E-state index contributed by atoms with van der Waals surface area (Å²) in [5, 5.41) is 12.2. The van der Waals surface area contributed by atoms with Crippen LogP contribution in [0, 0.1) is 10.1 Å². The van der Waals surface area contributed by atoms with Crippen molar-refractivity contribution in [1.29, 1.82) is 0 Å². The molecule has 10 rings (SSSR count). The zero-order valence-electron chi connectivity index (χ0n) is 36.9. The van der Waals surface area contributed by atoms with Gasteiger partial charge in [0.1, 0.15) is 32.5 Å². The average Bonchev–Trinajstić information content (AvgIpc) is 4.13. The number of esters is 1. The highest BCUT2D eigenvalue weighted by molar-refractivity contribution is 7.86. The Kier molecular flexibility index (Phi) is 10.5. The Morgan fingerprint density at radius 1 is 0.667 bits per heavy atom. The predicted molar refractivity (Wildman–Crippen MR) is 250 cm³/mol. The lowest BCUT2D eigenvalue weighted by molar-refractivity contribution is -0.384. The molecule has 23 heteroatoms. The van der Waals surface area contributed by atoms with Crippen LogP contribution >= 0.6 is 0 Å². The minimum Gasteiger partial charge on any atom is -0.461 e. The standard InChI is InChI=1S/C46H41N7O14S2/c1-46(2,3)67-45(57)52-16-12-27-30-20-33(49-41(30)39(22-37(27)52)69(63,64)65)43(55)51-15-11-26-29-19-32(48-40(29)38(21-36(26)51)68(60,61)62)42(54)50-14-10-25-28-18-34(47-31(28)8-9-35(25)50)44(56)66-17-13-23-4-6-24(7-5-23)53(58)59/h4-9,18-22,47-49H,10-17H2,1-3H3,(H,60,61,62)(H,63,64,65). The lowest BCUT2D eigenvalue weighted by atomic mass is 10.1. The van der Waals surface area contributed by atoms with Gasteiger partial charge in [0.2, 0.25) is 0 Å². The lowest BCUT2D eigenvalue weighted by Gasteiger charge is -2.25. The van der Waals surface area contributed by atoms with Crippen LogP contribution in [0.25, 0.3) is 32.7 Å². The van der Waals surface area contributed by atoms with Crippen molar-refractivity contribution in [3.05, 3.63) is 116 Å². The van der Waals surface area contributed by atoms with Gasteiger partial charge in [-0.1, -0.05) is 12.1 Å². The Balaban J connectivity index is 0.928. The van der Waals surface area contributed by atoms with E-state index in [-0.39, 0.29) is 95.0 Å². The van der Waals surface area contributed by atoms with E-state index in [2.05, 4.69) is 15.0 Å². The first-order chi connectivity index (χ1) is 32.6. The minimum absolute atomic E-state index is 0.00461. The molecule has 3 aliphatic heterocycles. The van der Waals surface area contributed by atoms with Gasteiger partial charge in [-0.2, -0.15) is 16.8 Å². The first kappa shape index (κ1) is 45.2. The Bertz CT molecular complexity index is 3640. The summed E-state index contributed by atoms with van der Waals surface area (Å²) in [6.45, 7) is 5.47. The molecule has 3 aromatic heterocycles. The Labute approximate surface area is 391 Å². The van der Waals surface area contributed by atoms with E-state index < -0.39 is 64.4 Å². The van der Waals surface area contributed by atoms with Crippen molar-refractivity contribution in [1.82, 2.24) is 15.0 Å². The summed E-state index contributed by atoms with van der Waals surface area (Å²) >= 11 is 0. The number of fused-ring (bicyclic) bond motifs is 9. The summed E-state index contributed by atoms with van der Waals surface area (Å²) in [5.74, 6) is -1.83. The number of nitrogens with one attached hydrogen (secondary N) is 3. The second-order valence-electron chi connectivity index (χ2n) is 18.0. The molecule has 0 saturated heterocycles. The van der Waals surface area contributed by atoms with Gasteiger partial charge in [-0.15, -0.1) is 0 Å². The number of nitro groups is 1. The molecule has 0 radical (unpaired) electrons. The molecule has 6 heterocycles. The second-order valence-corrected chi connectivity index (χ2v) is 20.7. The van der Waals surface area contributed by atoms with Crippen molar-refractivity contribution in [2.45, 2.75) is 61.8 Å². The molecule has 7 aromatic rings. The fraction of sp³-hybridized carbons (Fsp3) is 0.261. The molecule has 0 bridgehead atoms. The normalized spacial score (nSPS) is 14.7. The zero-order chi connectivity index (χ0) is 49.1. The summed E-state index contributed by atoms with van der Waals surface area (Å²) in [6, 6.07) is 16.2. The van der Waals surface area contributed by atoms with E-state index in [0.717, 1.165) is 23.3 Å². The zero-order valence-corrected chi connectivity index (χ0v) is 38.5. The SMILES string of the molecule is CC(C)(C)OC(=O)N1CCc2c1cc(S(=O)(=O)O)c1[nH]c(C(=O)N3CCc4c3cc(S(=O)(=O)O)c3[nH]c(C(=O)N5CCc6c5ccc5[nH]c(C(=O)OCCc7ccc([N+](=O)[O-])cc7)cc65)cc43)cc21. The van der Waals surface area contributed by atoms with Crippen LogP contribution in [0.5, 0.6) is 0 Å². The highest BCUT2D eigenvalue weighted by Gasteiger charge is 2.37. The number of nitro benzene ring substituents is 1. The maximum absolute atomic E-state index is 14.4. The van der Waals surface area contributed by atoms with Gasteiger partial charge in [0.15, 0.2) is 0 Å². The lowest BCUT2D eigenvalue weighted by Crippen LogP contribution is -2.35. The Morgan fingerprint density at radius 2 is 1.16 bits per heavy atom. The number of hydrogen-bond acceptors (Lipinski definition) is 12. The number of aromatic nitrogens is 3. The number of nitrogens with zero attached hydrogens (tertiary/aromatic N) is 4. The highest BCUT2D eigenvalue weighted by atomic mass is 32.2. The van der Waals surface area contributed by atoms with Crippen molar-refractivity contribution in [3.63, 3.8) is 0 Å². The molecule has 0 saturated carbocycles. The molecule has 3 amide bonds. The Hall–Kier alpha value is -7.60. The van der Waals surface area contributed by atoms with E-state index in [4.69, 9.17) is 9.47 Å². The first-order valence-corrected chi connectivity index (χ1v) is 24.4. The molecule has 0 spiro atoms. The van der Waals surface area contributed by atoms with Crippen LogP contribution in [0.2, 0.25) is 0 Å². The maximum atomic E-state index is 14.4. The molecule has 21 nitrogen and oxygen atoms in total. The number of ether oxygens (including phenoxy) is 2. The van der Waals surface area contributed by atoms with Gasteiger partial charge in [-0.05, 0) is 105 Å². The summed E-state index contributed by atoms with van der Waals surface area (Å²) in [4.78, 5) is 77.0. The second kappa shape index (κ2) is 16.0. The number of benzene rings is 4. The third-order valence-electron chi connectivity index (χ3n) is 12.6. The van der Waals surface area contributed by atoms with Gasteiger partial charge >= 0.3 is 12.1 Å². The molecule has 4 aromatic carbocycles. The van der Waals surface area contributed by atoms with Crippen LogP contribution < -0.4 is 14.7 Å². The summed E-state index contributed by atoms with van der Waals surface area (Å²) in [6.07, 6.45) is 0.495. The van der Waals surface area contributed by atoms with E-state index in [1.54, 1.807) is 51.1 Å². The number of non-ortho nitro benzene ring substituents is 1. The van der Waals surface area contributed by atoms with E-state index in [1.807, 2.05) is 0 Å². The molecular weight excluding hydrogens is 939 g/mol. The van der Waals surface area contributed by atoms with Crippen molar-refractivity contribution in [2.24, 2.45) is 0 Å². The minimum atomic E-state index is -4.97. The first-order valence-electron chi connectivity index (χ1n) is 21.6. The molecule has 0 fully saturated rings. The van der Waals surface area contributed by atoms with Crippen molar-refractivity contribution >= 4 is 99.6 Å². The third kappa shape index (κ3) is 7.91. The number of rotatable bonds is 9. The van der Waals surface area contributed by atoms with Crippen molar-refractivity contribution in [3.8, 4) is 0 Å². The van der Waals surface area contributed by atoms with Gasteiger partial charge < -0.3 is 34.2 Å². The summed E-state index contributed by atoms with van der Waals surface area (Å²) in [7, 11) is -9.88. The fourth-order valence-electron chi connectivity index (χ4n) is 9.51. The third-order valence-corrected chi connectivity index (χ3v) is 14.3. The van der Waals surface area contributed by atoms with Crippen LogP contribution in [-0.2, 0) is 55.4 Å². The number of aromatic amines is 3. The van der Waals surface area contributed by atoms with Crippen molar-refractivity contribution < 1.29 is 59.5 Å². The fourth-order valence-corrected chi connectivity index (χ4v) is 10.9. The molecule has 5 N–H and O–H groups in total. The molecule has 0 aliphatic carbocycles. The number of anilines is 3. The number of H-pyrrole nitrogens is 3. The molecular formula is C46H41N7O14S2. The molecule has 0 unspecified atom stereocenters. The number of carbonyl (C=O) groups excluding carboxylic acids is 4. The Morgan fingerprint density at radius 3 is 1.68 bits per heavy atom. The van der Waals surface area contributed by atoms with Gasteiger partial charge in [-0.25, -0.2) is 9.59 Å². The van der Waals surface area contributed by atoms with Crippen LogP contribution in [0.1, 0.15) is 74.5 Å². The summed E-state index contributed by atoms with van der Waals surface area (Å²) < 4.78 is 83.2. The molecule has 69 heavy (non-hydrogen) atoms. The summed E-state index contributed by atoms with van der Waals surface area (Å²) in [5.41, 5.74) is 3.06. The van der Waals surface area contributed by atoms with E-state index in [1.165, 1.54) is 39.0 Å². The number of carbonyl (C=O) groups is 4. The molecule has 3 aliphatic rings. The quantitative estimate of drug-likeness (QED) is 0.0439. The van der Waals surface area contributed by atoms with Crippen LogP contribution in [0.3, 0.4) is 0 Å².